The lowest BCUT2D eigenvalue weighted by molar-refractivity contribution is 0.0691. The van der Waals surface area contributed by atoms with E-state index in [2.05, 4.69) is 0 Å². The Kier molecular flexibility index (Phi) is 3.68. The van der Waals surface area contributed by atoms with Gasteiger partial charge in [0, 0.05) is 0 Å². The van der Waals surface area contributed by atoms with E-state index in [0.29, 0.717) is 3.57 Å². The van der Waals surface area contributed by atoms with Gasteiger partial charge in [-0.15, -0.1) is 0 Å². The average Bonchev–Trinajstić information content (AvgIpc) is 2.13. The molecule has 0 aliphatic rings. The first-order chi connectivity index (χ1) is 6.57. The molecule has 1 N–H and O–H groups in total. The first-order valence-electron chi connectivity index (χ1n) is 3.92. The summed E-state index contributed by atoms with van der Waals surface area (Å²) in [6.07, 6.45) is 0. The van der Waals surface area contributed by atoms with Crippen LogP contribution in [0.5, 0.6) is 5.75 Å². The van der Waals surface area contributed by atoms with Gasteiger partial charge in [0.15, 0.2) is 11.6 Å². The maximum Gasteiger partial charge on any atom is 0.339 e. The minimum absolute atomic E-state index is 0.148. The van der Waals surface area contributed by atoms with Gasteiger partial charge in [0.05, 0.1) is 10.2 Å². The molecule has 0 amide bonds. The Labute approximate surface area is 94.0 Å². The maximum absolute atomic E-state index is 13.4. The average molecular weight is 310 g/mol. The van der Waals surface area contributed by atoms with Crippen LogP contribution in [0.15, 0.2) is 12.1 Å². The number of carbonyl (C=O) groups is 1. The van der Waals surface area contributed by atoms with Gasteiger partial charge in [-0.2, -0.15) is 0 Å². The first kappa shape index (κ1) is 11.2. The molecule has 14 heavy (non-hydrogen) atoms. The molecule has 0 saturated heterocycles. The van der Waals surface area contributed by atoms with E-state index in [9.17, 15) is 9.18 Å². The summed E-state index contributed by atoms with van der Waals surface area (Å²) in [6, 6.07) is 2.74. The molecule has 0 atom stereocenters. The lowest BCUT2D eigenvalue weighted by atomic mass is 10.2. The molecule has 0 aromatic heterocycles. The van der Waals surface area contributed by atoms with E-state index < -0.39 is 11.8 Å². The SMILES string of the molecule is CCOc1c(C(=O)O)ccc(I)c1F. The van der Waals surface area contributed by atoms with Crippen LogP contribution < -0.4 is 4.74 Å². The van der Waals surface area contributed by atoms with E-state index in [1.165, 1.54) is 12.1 Å². The largest absolute Gasteiger partial charge is 0.490 e. The van der Waals surface area contributed by atoms with Crippen molar-refractivity contribution in [1.82, 2.24) is 0 Å². The highest BCUT2D eigenvalue weighted by atomic mass is 127. The van der Waals surface area contributed by atoms with Crippen molar-refractivity contribution in [1.29, 1.82) is 0 Å². The number of halogens is 2. The summed E-state index contributed by atoms with van der Waals surface area (Å²) in [6.45, 7) is 1.90. The fourth-order valence-electron chi connectivity index (χ4n) is 0.986. The van der Waals surface area contributed by atoms with Crippen molar-refractivity contribution in [2.75, 3.05) is 6.61 Å². The quantitative estimate of drug-likeness (QED) is 0.873. The van der Waals surface area contributed by atoms with Gasteiger partial charge in [-0.3, -0.25) is 0 Å². The van der Waals surface area contributed by atoms with Crippen LogP contribution in [0.4, 0.5) is 4.39 Å². The highest BCUT2D eigenvalue weighted by Gasteiger charge is 2.17. The molecule has 0 bridgehead atoms. The van der Waals surface area contributed by atoms with E-state index in [1.54, 1.807) is 29.5 Å². The summed E-state index contributed by atoms with van der Waals surface area (Å²) in [5.41, 5.74) is -0.148. The van der Waals surface area contributed by atoms with E-state index >= 15 is 0 Å². The Morgan fingerprint density at radius 2 is 2.29 bits per heavy atom. The van der Waals surface area contributed by atoms with Crippen molar-refractivity contribution in [3.63, 3.8) is 0 Å². The van der Waals surface area contributed by atoms with E-state index in [-0.39, 0.29) is 17.9 Å². The van der Waals surface area contributed by atoms with Crippen molar-refractivity contribution in [3.8, 4) is 5.75 Å². The lowest BCUT2D eigenvalue weighted by Gasteiger charge is -2.08. The number of aromatic carboxylic acids is 1. The van der Waals surface area contributed by atoms with Crippen LogP contribution in [0.3, 0.4) is 0 Å². The zero-order chi connectivity index (χ0) is 10.7. The predicted molar refractivity (Wildman–Crippen MR) is 57.2 cm³/mol. The molecule has 0 aliphatic carbocycles. The number of carboxylic acids is 1. The summed E-state index contributed by atoms with van der Waals surface area (Å²) in [7, 11) is 0. The molecule has 0 saturated carbocycles. The smallest absolute Gasteiger partial charge is 0.339 e. The van der Waals surface area contributed by atoms with Gasteiger partial charge in [-0.05, 0) is 41.6 Å². The minimum atomic E-state index is -1.19. The second-order valence-electron chi connectivity index (χ2n) is 2.48. The lowest BCUT2D eigenvalue weighted by Crippen LogP contribution is -2.05. The van der Waals surface area contributed by atoms with Gasteiger partial charge in [0.1, 0.15) is 5.56 Å². The molecule has 3 nitrogen and oxygen atoms in total. The van der Waals surface area contributed by atoms with Crippen LogP contribution >= 0.6 is 22.6 Å². The molecule has 5 heteroatoms. The normalized spacial score (nSPS) is 9.93. The summed E-state index contributed by atoms with van der Waals surface area (Å²) in [5, 5.41) is 8.76. The molecule has 0 unspecified atom stereocenters. The van der Waals surface area contributed by atoms with Crippen molar-refractivity contribution < 1.29 is 19.0 Å². The molecule has 76 valence electrons. The molecule has 0 aliphatic heterocycles. The topological polar surface area (TPSA) is 46.5 Å². The third-order valence-electron chi connectivity index (χ3n) is 1.57. The number of hydrogen-bond donors (Lipinski definition) is 1. The highest BCUT2D eigenvalue weighted by Crippen LogP contribution is 2.26. The van der Waals surface area contributed by atoms with Gasteiger partial charge in [0.2, 0.25) is 0 Å². The molecule has 0 fully saturated rings. The van der Waals surface area contributed by atoms with Gasteiger partial charge in [-0.1, -0.05) is 0 Å². The number of hydrogen-bond acceptors (Lipinski definition) is 2. The van der Waals surface area contributed by atoms with Crippen LogP contribution in [-0.4, -0.2) is 17.7 Å². The Morgan fingerprint density at radius 1 is 1.64 bits per heavy atom. The number of carboxylic acid groups (broad SMARTS) is 1. The van der Waals surface area contributed by atoms with Gasteiger partial charge in [0.25, 0.3) is 0 Å². The second kappa shape index (κ2) is 4.59. The molecule has 0 heterocycles. The van der Waals surface area contributed by atoms with Crippen LogP contribution in [0.25, 0.3) is 0 Å². The zero-order valence-corrected chi connectivity index (χ0v) is 9.54. The van der Waals surface area contributed by atoms with Gasteiger partial charge < -0.3 is 9.84 Å². The molecule has 1 rings (SSSR count). The molecular formula is C9H8FIO3. The Hall–Kier alpha value is -0.850. The number of benzene rings is 1. The summed E-state index contributed by atoms with van der Waals surface area (Å²) in [4.78, 5) is 10.7. The molecule has 0 radical (unpaired) electrons. The first-order valence-corrected chi connectivity index (χ1v) is 5.00. The fraction of sp³-hybridized carbons (Fsp3) is 0.222. The monoisotopic (exact) mass is 310 g/mol. The third kappa shape index (κ3) is 2.14. The molecular weight excluding hydrogens is 302 g/mol. The van der Waals surface area contributed by atoms with Gasteiger partial charge >= 0.3 is 5.97 Å². The third-order valence-corrected chi connectivity index (χ3v) is 2.40. The van der Waals surface area contributed by atoms with Crippen LogP contribution in [0.1, 0.15) is 17.3 Å². The summed E-state index contributed by atoms with van der Waals surface area (Å²) >= 11 is 1.78. The Morgan fingerprint density at radius 3 is 2.79 bits per heavy atom. The van der Waals surface area contributed by atoms with Crippen molar-refractivity contribution >= 4 is 28.6 Å². The van der Waals surface area contributed by atoms with Crippen LogP contribution in [-0.2, 0) is 0 Å². The fourth-order valence-corrected chi connectivity index (χ4v) is 1.41. The summed E-state index contributed by atoms with van der Waals surface area (Å²) < 4.78 is 18.7. The number of ether oxygens (including phenoxy) is 1. The molecule has 0 spiro atoms. The minimum Gasteiger partial charge on any atom is -0.490 e. The standard InChI is InChI=1S/C9H8FIO3/c1-2-14-8-5(9(12)13)3-4-6(11)7(8)10/h3-4H,2H2,1H3,(H,12,13). The maximum atomic E-state index is 13.4. The Balaban J connectivity index is 3.29. The van der Waals surface area contributed by atoms with Crippen LogP contribution in [0, 0.1) is 9.39 Å². The predicted octanol–water partition coefficient (Wildman–Crippen LogP) is 2.53. The van der Waals surface area contributed by atoms with Gasteiger partial charge in [-0.25, -0.2) is 9.18 Å². The highest BCUT2D eigenvalue weighted by molar-refractivity contribution is 14.1. The van der Waals surface area contributed by atoms with E-state index in [1.807, 2.05) is 0 Å². The summed E-state index contributed by atoms with van der Waals surface area (Å²) in [5.74, 6) is -2.00. The second-order valence-corrected chi connectivity index (χ2v) is 3.64. The number of rotatable bonds is 3. The molecule has 1 aromatic carbocycles. The van der Waals surface area contributed by atoms with Crippen LogP contribution in [0.2, 0.25) is 0 Å². The van der Waals surface area contributed by atoms with Crippen molar-refractivity contribution in [2.45, 2.75) is 6.92 Å². The van der Waals surface area contributed by atoms with E-state index in [4.69, 9.17) is 9.84 Å². The molecule has 1 aromatic rings. The van der Waals surface area contributed by atoms with Crippen molar-refractivity contribution in [2.24, 2.45) is 0 Å². The Bertz CT molecular complexity index is 365. The van der Waals surface area contributed by atoms with Crippen molar-refractivity contribution in [3.05, 3.63) is 27.1 Å². The zero-order valence-electron chi connectivity index (χ0n) is 7.38. The van der Waals surface area contributed by atoms with E-state index in [0.717, 1.165) is 0 Å².